The quantitative estimate of drug-likeness (QED) is 0.616. The van der Waals surface area contributed by atoms with E-state index < -0.39 is 0 Å². The van der Waals surface area contributed by atoms with Crippen LogP contribution in [0.4, 0.5) is 5.69 Å². The van der Waals surface area contributed by atoms with Crippen LogP contribution in [0.25, 0.3) is 11.1 Å². The van der Waals surface area contributed by atoms with Gasteiger partial charge in [0.1, 0.15) is 10.4 Å². The van der Waals surface area contributed by atoms with Crippen LogP contribution in [0, 0.1) is 0 Å². The van der Waals surface area contributed by atoms with Crippen molar-refractivity contribution in [1.82, 2.24) is 14.6 Å². The molecule has 0 fully saturated rings. The molecule has 2 aromatic carbocycles. The highest BCUT2D eigenvalue weighted by atomic mass is 32.1. The molecule has 1 N–H and O–H groups in total. The number of rotatable bonds is 4. The summed E-state index contributed by atoms with van der Waals surface area (Å²) < 4.78 is 9.48. The highest BCUT2D eigenvalue weighted by Gasteiger charge is 2.11. The lowest BCUT2D eigenvalue weighted by atomic mass is 10.1. The summed E-state index contributed by atoms with van der Waals surface area (Å²) in [6, 6.07) is 15.4. The predicted octanol–water partition coefficient (Wildman–Crippen LogP) is 3.52. The van der Waals surface area contributed by atoms with Crippen LogP contribution in [-0.4, -0.2) is 20.5 Å². The lowest BCUT2D eigenvalue weighted by Gasteiger charge is -2.01. The summed E-state index contributed by atoms with van der Waals surface area (Å²) in [4.78, 5) is 17.0. The molecule has 0 spiro atoms. The molecular weight excluding hydrogens is 324 g/mol. The lowest BCUT2D eigenvalue weighted by molar-refractivity contribution is 0.103. The Balaban J connectivity index is 1.56. The second kappa shape index (κ2) is 6.21. The molecule has 0 saturated carbocycles. The number of carbonyl (C=O) groups excluding carboxylic acids is 1. The van der Waals surface area contributed by atoms with Gasteiger partial charge in [-0.1, -0.05) is 34.8 Å². The van der Waals surface area contributed by atoms with Crippen molar-refractivity contribution < 1.29 is 9.21 Å². The first-order valence-corrected chi connectivity index (χ1v) is 8.07. The zero-order valence-electron chi connectivity index (χ0n) is 12.5. The number of aromatic nitrogens is 3. The average Bonchev–Trinajstić information content (AvgIpc) is 3.24. The summed E-state index contributed by atoms with van der Waals surface area (Å²) in [5.41, 5.74) is 3.18. The Labute approximate surface area is 141 Å². The summed E-state index contributed by atoms with van der Waals surface area (Å²) in [5, 5.41) is 6.46. The molecule has 4 rings (SSSR count). The molecule has 7 heteroatoms. The first-order valence-electron chi connectivity index (χ1n) is 7.30. The first kappa shape index (κ1) is 14.5. The van der Waals surface area contributed by atoms with Gasteiger partial charge >= 0.3 is 0 Å². The molecule has 0 radical (unpaired) electrons. The molecule has 118 valence electrons. The minimum Gasteiger partial charge on any atom is -0.440 e. The van der Waals surface area contributed by atoms with E-state index in [0.717, 1.165) is 22.6 Å². The Hall–Kier alpha value is -3.06. The van der Waals surface area contributed by atoms with Crippen LogP contribution in [-0.2, 0) is 6.42 Å². The highest BCUT2D eigenvalue weighted by molar-refractivity contribution is 7.07. The number of carbonyl (C=O) groups is 1. The number of nitrogens with zero attached hydrogens (tertiary/aromatic N) is 3. The maximum absolute atomic E-state index is 12.0. The zero-order valence-corrected chi connectivity index (χ0v) is 13.3. The number of hydrogen-bond donors (Lipinski definition) is 1. The summed E-state index contributed by atoms with van der Waals surface area (Å²) >= 11 is 1.05. The third-order valence-electron chi connectivity index (χ3n) is 3.47. The molecular formula is C17H12N4O2S. The molecule has 0 aliphatic rings. The first-order chi connectivity index (χ1) is 11.8. The average molecular weight is 336 g/mol. The zero-order chi connectivity index (χ0) is 16.4. The number of benzene rings is 2. The van der Waals surface area contributed by atoms with Crippen LogP contribution in [0.2, 0.25) is 0 Å². The summed E-state index contributed by atoms with van der Waals surface area (Å²) in [6.07, 6.45) is 2.06. The van der Waals surface area contributed by atoms with E-state index in [1.165, 1.54) is 6.20 Å². The molecule has 0 aliphatic heterocycles. The van der Waals surface area contributed by atoms with E-state index >= 15 is 0 Å². The van der Waals surface area contributed by atoms with Crippen molar-refractivity contribution >= 4 is 34.2 Å². The third-order valence-corrected chi connectivity index (χ3v) is 4.14. The van der Waals surface area contributed by atoms with Gasteiger partial charge in [-0.3, -0.25) is 4.79 Å². The van der Waals surface area contributed by atoms with Crippen LogP contribution in [0.15, 0.2) is 59.1 Å². The molecule has 2 heterocycles. The van der Waals surface area contributed by atoms with Gasteiger partial charge in [-0.15, -0.1) is 5.10 Å². The molecule has 1 amide bonds. The minimum absolute atomic E-state index is 0.242. The van der Waals surface area contributed by atoms with Crippen molar-refractivity contribution in [2.45, 2.75) is 6.42 Å². The fourth-order valence-corrected chi connectivity index (χ4v) is 2.77. The van der Waals surface area contributed by atoms with Crippen LogP contribution in [0.1, 0.15) is 21.1 Å². The highest BCUT2D eigenvalue weighted by Crippen LogP contribution is 2.22. The normalized spacial score (nSPS) is 10.8. The van der Waals surface area contributed by atoms with E-state index in [4.69, 9.17) is 4.42 Å². The van der Waals surface area contributed by atoms with Crippen LogP contribution in [0.5, 0.6) is 0 Å². The predicted molar refractivity (Wildman–Crippen MR) is 91.1 cm³/mol. The van der Waals surface area contributed by atoms with Gasteiger partial charge in [0.2, 0.25) is 0 Å². The summed E-state index contributed by atoms with van der Waals surface area (Å²) in [5.74, 6) is 0.403. The van der Waals surface area contributed by atoms with E-state index in [1.54, 1.807) is 12.1 Å². The maximum Gasteiger partial charge on any atom is 0.269 e. The topological polar surface area (TPSA) is 80.9 Å². The van der Waals surface area contributed by atoms with Gasteiger partial charge in [0.15, 0.2) is 11.5 Å². The molecule has 0 saturated heterocycles. The number of hydrogen-bond acceptors (Lipinski definition) is 6. The molecule has 0 atom stereocenters. The Morgan fingerprint density at radius 2 is 2.04 bits per heavy atom. The van der Waals surface area contributed by atoms with Gasteiger partial charge in [0, 0.05) is 18.2 Å². The Morgan fingerprint density at radius 3 is 2.83 bits per heavy atom. The third kappa shape index (κ3) is 3.02. The van der Waals surface area contributed by atoms with Crippen molar-refractivity contribution in [3.63, 3.8) is 0 Å². The van der Waals surface area contributed by atoms with E-state index in [-0.39, 0.29) is 5.91 Å². The standard InChI is InChI=1S/C17H12N4O2S/c22-17(15-10-18-21-24-15)19-12-6-7-13-14(9-12)23-16(20-13)8-11-4-2-1-3-5-11/h1-7,9-10H,8H2,(H,19,22). The maximum atomic E-state index is 12.0. The van der Waals surface area contributed by atoms with Crippen molar-refractivity contribution in [1.29, 1.82) is 0 Å². The molecule has 0 bridgehead atoms. The Bertz CT molecular complexity index is 980. The molecule has 0 aliphatic carbocycles. The van der Waals surface area contributed by atoms with Gasteiger partial charge in [-0.25, -0.2) is 4.98 Å². The second-order valence-electron chi connectivity index (χ2n) is 5.19. The van der Waals surface area contributed by atoms with Crippen molar-refractivity contribution in [3.05, 3.63) is 71.1 Å². The summed E-state index contributed by atoms with van der Waals surface area (Å²) in [6.45, 7) is 0. The van der Waals surface area contributed by atoms with Crippen LogP contribution in [0.3, 0.4) is 0 Å². The van der Waals surface area contributed by atoms with Gasteiger partial charge in [-0.2, -0.15) is 0 Å². The van der Waals surface area contributed by atoms with Gasteiger partial charge < -0.3 is 9.73 Å². The molecule has 6 nitrogen and oxygen atoms in total. The Morgan fingerprint density at radius 1 is 1.17 bits per heavy atom. The fraction of sp³-hybridized carbons (Fsp3) is 0.0588. The van der Waals surface area contributed by atoms with E-state index in [1.807, 2.05) is 36.4 Å². The number of fused-ring (bicyclic) bond motifs is 1. The lowest BCUT2D eigenvalue weighted by Crippen LogP contribution is -2.09. The van der Waals surface area contributed by atoms with E-state index in [2.05, 4.69) is 19.9 Å². The monoisotopic (exact) mass is 336 g/mol. The van der Waals surface area contributed by atoms with Gasteiger partial charge in [0.25, 0.3) is 5.91 Å². The van der Waals surface area contributed by atoms with Crippen molar-refractivity contribution in [2.24, 2.45) is 0 Å². The molecule has 2 aromatic heterocycles. The minimum atomic E-state index is -0.242. The van der Waals surface area contributed by atoms with Crippen LogP contribution >= 0.6 is 11.5 Å². The van der Waals surface area contributed by atoms with Crippen molar-refractivity contribution in [2.75, 3.05) is 5.32 Å². The van der Waals surface area contributed by atoms with E-state index in [9.17, 15) is 4.79 Å². The largest absolute Gasteiger partial charge is 0.440 e. The van der Waals surface area contributed by atoms with Crippen LogP contribution < -0.4 is 5.32 Å². The molecule has 4 aromatic rings. The molecule has 24 heavy (non-hydrogen) atoms. The second-order valence-corrected chi connectivity index (χ2v) is 5.97. The number of nitrogens with one attached hydrogen (secondary N) is 1. The number of amides is 1. The number of anilines is 1. The van der Waals surface area contributed by atoms with Gasteiger partial charge in [0.05, 0.1) is 6.20 Å². The Kier molecular flexibility index (Phi) is 3.76. The van der Waals surface area contributed by atoms with E-state index in [0.29, 0.717) is 28.5 Å². The SMILES string of the molecule is O=C(Nc1ccc2nc(Cc3ccccc3)oc2c1)c1cnns1. The number of oxazole rings is 1. The molecule has 0 unspecified atom stereocenters. The van der Waals surface area contributed by atoms with Gasteiger partial charge in [-0.05, 0) is 29.2 Å². The fourth-order valence-electron chi connectivity index (χ4n) is 2.36. The summed E-state index contributed by atoms with van der Waals surface area (Å²) in [7, 11) is 0. The van der Waals surface area contributed by atoms with Crippen molar-refractivity contribution in [3.8, 4) is 0 Å². The smallest absolute Gasteiger partial charge is 0.269 e.